The molecule has 0 aromatic heterocycles. The number of nitrogens with one attached hydrogen (secondary N) is 1. The highest BCUT2D eigenvalue weighted by Gasteiger charge is 2.59. The molecule has 1 nitrogen and oxygen atoms in total. The van der Waals surface area contributed by atoms with Crippen molar-refractivity contribution in [2.24, 2.45) is 5.92 Å². The molecule has 1 aliphatic heterocycles. The molecule has 92 valence electrons. The van der Waals surface area contributed by atoms with Crippen molar-refractivity contribution < 1.29 is 17.6 Å². The van der Waals surface area contributed by atoms with Gasteiger partial charge in [0, 0.05) is 12.0 Å². The van der Waals surface area contributed by atoms with E-state index in [-0.39, 0.29) is 11.0 Å². The van der Waals surface area contributed by atoms with Gasteiger partial charge in [-0.3, -0.25) is 0 Å². The van der Waals surface area contributed by atoms with E-state index in [1.165, 1.54) is 12.1 Å². The molecule has 1 saturated heterocycles. The van der Waals surface area contributed by atoms with Gasteiger partial charge in [0.2, 0.25) is 0 Å². The largest absolute Gasteiger partial charge is 0.419 e. The standard InChI is InChI=1S/C12H11F4N/c13-10-8(11-4-7(11)5-17-6-11)2-1-3-9(10)12(14,15)16/h1-3,7,17H,4-6H2/t7-,11?/m1/s1. The number of rotatable bonds is 1. The molecule has 2 fully saturated rings. The number of hydrogen-bond acceptors (Lipinski definition) is 1. The molecular formula is C12H11F4N. The van der Waals surface area contributed by atoms with Gasteiger partial charge in [-0.2, -0.15) is 13.2 Å². The van der Waals surface area contributed by atoms with Gasteiger partial charge in [-0.05, 0) is 30.5 Å². The van der Waals surface area contributed by atoms with Gasteiger partial charge in [0.1, 0.15) is 5.82 Å². The van der Waals surface area contributed by atoms with Gasteiger partial charge in [-0.1, -0.05) is 12.1 Å². The van der Waals surface area contributed by atoms with E-state index in [0.717, 1.165) is 19.0 Å². The van der Waals surface area contributed by atoms with Gasteiger partial charge in [0.15, 0.2) is 0 Å². The van der Waals surface area contributed by atoms with Gasteiger partial charge in [0.25, 0.3) is 0 Å². The van der Waals surface area contributed by atoms with Crippen LogP contribution in [-0.2, 0) is 11.6 Å². The summed E-state index contributed by atoms with van der Waals surface area (Å²) in [6, 6.07) is 3.58. The molecule has 1 aliphatic carbocycles. The van der Waals surface area contributed by atoms with Crippen molar-refractivity contribution in [2.75, 3.05) is 13.1 Å². The second kappa shape index (κ2) is 3.22. The molecule has 3 rings (SSSR count). The maximum Gasteiger partial charge on any atom is 0.419 e. The van der Waals surface area contributed by atoms with Crippen LogP contribution in [0.2, 0.25) is 0 Å². The van der Waals surface area contributed by atoms with Crippen molar-refractivity contribution in [3.05, 3.63) is 35.1 Å². The third-order valence-electron chi connectivity index (χ3n) is 3.90. The van der Waals surface area contributed by atoms with Crippen LogP contribution < -0.4 is 5.32 Å². The van der Waals surface area contributed by atoms with E-state index in [1.807, 2.05) is 0 Å². The summed E-state index contributed by atoms with van der Waals surface area (Å²) in [5, 5.41) is 3.10. The lowest BCUT2D eigenvalue weighted by Crippen LogP contribution is -2.22. The van der Waals surface area contributed by atoms with Crippen molar-refractivity contribution in [3.8, 4) is 0 Å². The molecule has 1 aromatic rings. The first-order valence-electron chi connectivity index (χ1n) is 5.52. The number of fused-ring (bicyclic) bond motifs is 1. The van der Waals surface area contributed by atoms with Crippen LogP contribution in [0.15, 0.2) is 18.2 Å². The van der Waals surface area contributed by atoms with Crippen LogP contribution in [0.5, 0.6) is 0 Å². The highest BCUT2D eigenvalue weighted by molar-refractivity contribution is 5.41. The van der Waals surface area contributed by atoms with Gasteiger partial charge in [-0.25, -0.2) is 4.39 Å². The minimum atomic E-state index is -4.62. The third-order valence-corrected chi connectivity index (χ3v) is 3.90. The molecule has 0 spiro atoms. The summed E-state index contributed by atoms with van der Waals surface area (Å²) in [6.07, 6.45) is -3.83. The van der Waals surface area contributed by atoms with Crippen molar-refractivity contribution in [1.29, 1.82) is 0 Å². The number of benzene rings is 1. The Balaban J connectivity index is 2.08. The SMILES string of the molecule is Fc1c(C(F)(F)F)cccc1C12CNC[C@H]1C2. The fourth-order valence-electron chi connectivity index (χ4n) is 2.89. The van der Waals surface area contributed by atoms with E-state index in [0.29, 0.717) is 12.5 Å². The average molecular weight is 245 g/mol. The number of alkyl halides is 3. The Kier molecular flexibility index (Phi) is 2.09. The lowest BCUT2D eigenvalue weighted by atomic mass is 9.92. The van der Waals surface area contributed by atoms with Gasteiger partial charge in [0.05, 0.1) is 5.56 Å². The zero-order valence-electron chi connectivity index (χ0n) is 8.94. The molecular weight excluding hydrogens is 234 g/mol. The number of halogens is 4. The summed E-state index contributed by atoms with van der Waals surface area (Å²) in [4.78, 5) is 0. The molecule has 2 atom stereocenters. The summed E-state index contributed by atoms with van der Waals surface area (Å²) in [7, 11) is 0. The predicted molar refractivity (Wildman–Crippen MR) is 54.1 cm³/mol. The maximum atomic E-state index is 13.9. The fraction of sp³-hybridized carbons (Fsp3) is 0.500. The van der Waals surface area contributed by atoms with Crippen molar-refractivity contribution in [2.45, 2.75) is 18.0 Å². The van der Waals surface area contributed by atoms with E-state index < -0.39 is 17.6 Å². The Morgan fingerprint density at radius 3 is 2.59 bits per heavy atom. The molecule has 0 bridgehead atoms. The van der Waals surface area contributed by atoms with E-state index in [4.69, 9.17) is 0 Å². The van der Waals surface area contributed by atoms with Crippen molar-refractivity contribution in [1.82, 2.24) is 5.32 Å². The van der Waals surface area contributed by atoms with Crippen molar-refractivity contribution in [3.63, 3.8) is 0 Å². The smallest absolute Gasteiger partial charge is 0.316 e. The topological polar surface area (TPSA) is 12.0 Å². The molecule has 1 N–H and O–H groups in total. The molecule has 1 aromatic carbocycles. The van der Waals surface area contributed by atoms with E-state index in [1.54, 1.807) is 0 Å². The van der Waals surface area contributed by atoms with Crippen LogP contribution in [0.4, 0.5) is 17.6 Å². The molecule has 0 amide bonds. The predicted octanol–water partition coefficient (Wildman–Crippen LogP) is 2.71. The minimum absolute atomic E-state index is 0.224. The Labute approximate surface area is 95.8 Å². The van der Waals surface area contributed by atoms with Crippen LogP contribution >= 0.6 is 0 Å². The van der Waals surface area contributed by atoms with Crippen molar-refractivity contribution >= 4 is 0 Å². The second-order valence-corrected chi connectivity index (χ2v) is 4.85. The molecule has 1 saturated carbocycles. The summed E-state index contributed by atoms with van der Waals surface area (Å²) in [5.41, 5.74) is -1.31. The highest BCUT2D eigenvalue weighted by atomic mass is 19.4. The van der Waals surface area contributed by atoms with Crippen LogP contribution in [0, 0.1) is 11.7 Å². The minimum Gasteiger partial charge on any atom is -0.316 e. The summed E-state index contributed by atoms with van der Waals surface area (Å²) < 4.78 is 51.7. The molecule has 5 heteroatoms. The molecule has 17 heavy (non-hydrogen) atoms. The van der Waals surface area contributed by atoms with Gasteiger partial charge in [-0.15, -0.1) is 0 Å². The summed E-state index contributed by atoms with van der Waals surface area (Å²) in [5.74, 6) is -0.799. The Hall–Kier alpha value is -1.10. The second-order valence-electron chi connectivity index (χ2n) is 4.85. The monoisotopic (exact) mass is 245 g/mol. The first kappa shape index (κ1) is 11.0. The molecule has 0 radical (unpaired) electrons. The van der Waals surface area contributed by atoms with E-state index in [9.17, 15) is 17.6 Å². The van der Waals surface area contributed by atoms with Gasteiger partial charge >= 0.3 is 6.18 Å². The first-order chi connectivity index (χ1) is 7.95. The van der Waals surface area contributed by atoms with Crippen LogP contribution in [-0.4, -0.2) is 13.1 Å². The zero-order valence-corrected chi connectivity index (χ0v) is 8.94. The highest BCUT2D eigenvalue weighted by Crippen LogP contribution is 2.57. The normalized spacial score (nSPS) is 31.4. The summed E-state index contributed by atoms with van der Waals surface area (Å²) in [6.45, 7) is 1.35. The lowest BCUT2D eigenvalue weighted by molar-refractivity contribution is -0.140. The van der Waals surface area contributed by atoms with E-state index in [2.05, 4.69) is 5.32 Å². The van der Waals surface area contributed by atoms with Gasteiger partial charge < -0.3 is 5.32 Å². The zero-order chi connectivity index (χ0) is 12.3. The Morgan fingerprint density at radius 1 is 1.29 bits per heavy atom. The molecule has 1 heterocycles. The van der Waals surface area contributed by atoms with Crippen LogP contribution in [0.25, 0.3) is 0 Å². The van der Waals surface area contributed by atoms with Crippen LogP contribution in [0.1, 0.15) is 17.5 Å². The Bertz CT molecular complexity index is 468. The third kappa shape index (κ3) is 1.48. The number of hydrogen-bond donors (Lipinski definition) is 1. The molecule has 2 aliphatic rings. The fourth-order valence-corrected chi connectivity index (χ4v) is 2.89. The maximum absolute atomic E-state index is 13.9. The van der Waals surface area contributed by atoms with E-state index >= 15 is 0 Å². The number of piperidine rings is 1. The first-order valence-corrected chi connectivity index (χ1v) is 5.52. The lowest BCUT2D eigenvalue weighted by Gasteiger charge is -2.16. The van der Waals surface area contributed by atoms with Crippen LogP contribution in [0.3, 0.4) is 0 Å². The quantitative estimate of drug-likeness (QED) is 0.750. The average Bonchev–Trinajstić information content (AvgIpc) is 2.80. The Morgan fingerprint density at radius 2 is 2.06 bits per heavy atom. The summed E-state index contributed by atoms with van der Waals surface area (Å²) >= 11 is 0. The molecule has 1 unspecified atom stereocenters.